The fourth-order valence-electron chi connectivity index (χ4n) is 11.6. The molecule has 1 fully saturated rings. The molecule has 1 aliphatic carbocycles. The largest absolute Gasteiger partial charge is 0.310 e. The van der Waals surface area contributed by atoms with Gasteiger partial charge >= 0.3 is 0 Å². The highest BCUT2D eigenvalue weighted by Crippen LogP contribution is 2.47. The highest BCUT2D eigenvalue weighted by molar-refractivity contribution is 6.13. The molecule has 324 valence electrons. The van der Waals surface area contributed by atoms with Crippen LogP contribution in [0.5, 0.6) is 0 Å². The molecule has 68 heavy (non-hydrogen) atoms. The van der Waals surface area contributed by atoms with Gasteiger partial charge in [0.2, 0.25) is 0 Å². The highest BCUT2D eigenvalue weighted by atomic mass is 15.1. The smallest absolute Gasteiger partial charge is 0.0547 e. The second-order valence-corrected chi connectivity index (χ2v) is 18.6. The maximum absolute atomic E-state index is 2.47. The van der Waals surface area contributed by atoms with E-state index in [0.717, 1.165) is 22.7 Å². The summed E-state index contributed by atoms with van der Waals surface area (Å²) in [5.41, 5.74) is 15.8. The number of anilines is 3. The van der Waals surface area contributed by atoms with E-state index in [1.807, 2.05) is 0 Å². The molecule has 1 saturated carbocycles. The number of hydrogen-bond donors (Lipinski definition) is 0. The van der Waals surface area contributed by atoms with Crippen LogP contribution in [0.1, 0.15) is 43.6 Å². The van der Waals surface area contributed by atoms with Crippen LogP contribution in [-0.2, 0) is 0 Å². The Morgan fingerprint density at radius 1 is 0.353 bits per heavy atom. The first-order valence-electron chi connectivity index (χ1n) is 24.4. The van der Waals surface area contributed by atoms with Gasteiger partial charge in [-0.25, -0.2) is 0 Å². The van der Waals surface area contributed by atoms with Crippen LogP contribution >= 0.6 is 0 Å². The number of nitrogens with zero attached hydrogens (tertiary/aromatic N) is 2. The van der Waals surface area contributed by atoms with Gasteiger partial charge in [-0.3, -0.25) is 0 Å². The Hall–Kier alpha value is -8.20. The molecule has 1 aliphatic rings. The molecule has 0 amide bonds. The summed E-state index contributed by atoms with van der Waals surface area (Å²) in [5.74, 6) is 0.581. The fraction of sp³-hybridized carbons (Fsp3) is 0.0909. The Balaban J connectivity index is 0.956. The first kappa shape index (κ1) is 40.1. The van der Waals surface area contributed by atoms with Crippen molar-refractivity contribution in [3.05, 3.63) is 242 Å². The Labute approximate surface area is 398 Å². The predicted molar refractivity (Wildman–Crippen MR) is 290 cm³/mol. The third-order valence-electron chi connectivity index (χ3n) is 14.8. The van der Waals surface area contributed by atoms with Crippen LogP contribution in [0, 0.1) is 0 Å². The lowest BCUT2D eigenvalue weighted by molar-refractivity contribution is 0.445. The topological polar surface area (TPSA) is 8.17 Å². The molecule has 2 nitrogen and oxygen atoms in total. The van der Waals surface area contributed by atoms with Gasteiger partial charge in [0, 0.05) is 33.4 Å². The Kier molecular flexibility index (Phi) is 9.97. The average molecular weight is 871 g/mol. The lowest BCUT2D eigenvalue weighted by Crippen LogP contribution is -2.11. The standard InChI is InChI=1S/C66H50N2/c1-3-16-46(17-4-1)56-27-13-19-49-20-14-29-62(66(49)56)60-25-10-11-30-63(60)67(53-40-34-48(35-41-53)55-26-15-28-57-54-23-8-7-18-47(54)36-42-58(55)57)52-38-32-45(33-39-52)50-37-43-61-59-24-9-12-31-64(59)68(65(61)44-50)51-21-5-2-6-22-51/h2,5-15,18-44,46H,1,3-4,16-17H2. The van der Waals surface area contributed by atoms with E-state index in [1.54, 1.807) is 0 Å². The summed E-state index contributed by atoms with van der Waals surface area (Å²) in [6.07, 6.45) is 6.47. The molecule has 0 N–H and O–H groups in total. The molecule has 2 heteroatoms. The molecule has 0 unspecified atom stereocenters. The van der Waals surface area contributed by atoms with Gasteiger partial charge in [0.1, 0.15) is 0 Å². The SMILES string of the molecule is c1ccc(-n2c3ccccc3c3ccc(-c4ccc(N(c5ccc(-c6cccc7c6ccc6ccccc67)cc5)c5ccccc5-c5cccc6cccc(C7CCCCC7)c56)cc4)cc32)cc1. The van der Waals surface area contributed by atoms with Crippen LogP contribution in [0.15, 0.2) is 237 Å². The van der Waals surface area contributed by atoms with Crippen molar-refractivity contribution in [3.8, 4) is 39.1 Å². The van der Waals surface area contributed by atoms with E-state index in [-0.39, 0.29) is 0 Å². The van der Waals surface area contributed by atoms with Crippen molar-refractivity contribution < 1.29 is 0 Å². The fourth-order valence-corrected chi connectivity index (χ4v) is 11.6. The molecule has 0 radical (unpaired) electrons. The summed E-state index contributed by atoms with van der Waals surface area (Å²) in [4.78, 5) is 2.47. The molecule has 0 atom stereocenters. The number of rotatable bonds is 8. The lowest BCUT2D eigenvalue weighted by Gasteiger charge is -2.29. The third-order valence-corrected chi connectivity index (χ3v) is 14.8. The monoisotopic (exact) mass is 870 g/mol. The molecule has 12 aromatic rings. The summed E-state index contributed by atoms with van der Waals surface area (Å²) < 4.78 is 2.40. The van der Waals surface area contributed by atoms with Crippen molar-refractivity contribution in [2.75, 3.05) is 4.90 Å². The van der Waals surface area contributed by atoms with Crippen molar-refractivity contribution in [3.63, 3.8) is 0 Å². The van der Waals surface area contributed by atoms with Gasteiger partial charge < -0.3 is 9.47 Å². The normalized spacial score (nSPS) is 13.2. The van der Waals surface area contributed by atoms with Crippen molar-refractivity contribution >= 4 is 71.2 Å². The number of benzene rings is 11. The van der Waals surface area contributed by atoms with E-state index in [1.165, 1.54) is 125 Å². The van der Waals surface area contributed by atoms with Crippen LogP contribution < -0.4 is 4.90 Å². The Morgan fingerprint density at radius 3 is 1.76 bits per heavy atom. The van der Waals surface area contributed by atoms with Crippen molar-refractivity contribution in [1.82, 2.24) is 4.57 Å². The predicted octanol–water partition coefficient (Wildman–Crippen LogP) is 18.8. The van der Waals surface area contributed by atoms with Crippen LogP contribution in [-0.4, -0.2) is 4.57 Å². The summed E-state index contributed by atoms with van der Waals surface area (Å²) in [5, 5.41) is 10.3. The lowest BCUT2D eigenvalue weighted by atomic mass is 9.80. The minimum absolute atomic E-state index is 0.581. The number of aromatic nitrogens is 1. The molecule has 13 rings (SSSR count). The molecule has 1 heterocycles. The van der Waals surface area contributed by atoms with Crippen molar-refractivity contribution in [2.45, 2.75) is 38.0 Å². The molecule has 0 aliphatic heterocycles. The van der Waals surface area contributed by atoms with Crippen molar-refractivity contribution in [2.24, 2.45) is 0 Å². The molecule has 0 spiro atoms. The summed E-state index contributed by atoms with van der Waals surface area (Å²) in [6, 6.07) is 87.8. The first-order chi connectivity index (χ1) is 33.7. The second kappa shape index (κ2) is 16.9. The zero-order chi connectivity index (χ0) is 45.0. The number of fused-ring (bicyclic) bond motifs is 7. The second-order valence-electron chi connectivity index (χ2n) is 18.6. The molecule has 11 aromatic carbocycles. The van der Waals surface area contributed by atoms with Crippen molar-refractivity contribution in [1.29, 1.82) is 0 Å². The summed E-state index contributed by atoms with van der Waals surface area (Å²) >= 11 is 0. The number of hydrogen-bond acceptors (Lipinski definition) is 1. The van der Waals surface area contributed by atoms with Gasteiger partial charge in [-0.15, -0.1) is 0 Å². The average Bonchev–Trinajstić information content (AvgIpc) is 3.75. The highest BCUT2D eigenvalue weighted by Gasteiger charge is 2.23. The summed E-state index contributed by atoms with van der Waals surface area (Å²) in [7, 11) is 0. The maximum Gasteiger partial charge on any atom is 0.0547 e. The maximum atomic E-state index is 2.47. The van der Waals surface area contributed by atoms with Crippen LogP contribution in [0.2, 0.25) is 0 Å². The number of para-hydroxylation sites is 3. The quantitative estimate of drug-likeness (QED) is 0.138. The van der Waals surface area contributed by atoms with E-state index < -0.39 is 0 Å². The third kappa shape index (κ3) is 6.87. The van der Waals surface area contributed by atoms with Gasteiger partial charge in [-0.2, -0.15) is 0 Å². The Bertz CT molecular complexity index is 3810. The minimum atomic E-state index is 0.581. The zero-order valence-electron chi connectivity index (χ0n) is 38.0. The van der Waals surface area contributed by atoms with Crippen LogP contribution in [0.4, 0.5) is 17.1 Å². The summed E-state index contributed by atoms with van der Waals surface area (Å²) in [6.45, 7) is 0. The van der Waals surface area contributed by atoms with E-state index in [2.05, 4.69) is 246 Å². The van der Waals surface area contributed by atoms with E-state index in [9.17, 15) is 0 Å². The van der Waals surface area contributed by atoms with Gasteiger partial charge in [-0.05, 0) is 139 Å². The van der Waals surface area contributed by atoms with Gasteiger partial charge in [0.15, 0.2) is 0 Å². The van der Waals surface area contributed by atoms with Gasteiger partial charge in [0.25, 0.3) is 0 Å². The van der Waals surface area contributed by atoms with Gasteiger partial charge in [0.05, 0.1) is 16.7 Å². The minimum Gasteiger partial charge on any atom is -0.310 e. The Morgan fingerprint density at radius 2 is 0.941 bits per heavy atom. The molecular weight excluding hydrogens is 821 g/mol. The molecule has 0 saturated heterocycles. The van der Waals surface area contributed by atoms with E-state index in [0.29, 0.717) is 5.92 Å². The zero-order valence-corrected chi connectivity index (χ0v) is 38.0. The molecule has 0 bridgehead atoms. The van der Waals surface area contributed by atoms with Gasteiger partial charge in [-0.1, -0.05) is 201 Å². The van der Waals surface area contributed by atoms with Crippen LogP contribution in [0.3, 0.4) is 0 Å². The molecular formula is C66H50N2. The van der Waals surface area contributed by atoms with E-state index >= 15 is 0 Å². The van der Waals surface area contributed by atoms with Crippen LogP contribution in [0.25, 0.3) is 93.2 Å². The molecule has 1 aromatic heterocycles. The van der Waals surface area contributed by atoms with E-state index in [4.69, 9.17) is 0 Å². The first-order valence-corrected chi connectivity index (χ1v) is 24.4.